The standard InChI is InChI=1S/C16H22FN3O/c1-13(2)11-19-7-9-20(10-8-19)12-16(21)18-15-5-3-14(17)4-6-15/h3-6H,1,7-12H2,2H3,(H,18,21). The highest BCUT2D eigenvalue weighted by Gasteiger charge is 2.18. The first kappa shape index (κ1) is 15.7. The number of hydrogen-bond donors (Lipinski definition) is 1. The molecule has 0 radical (unpaired) electrons. The van der Waals surface area contributed by atoms with Crippen molar-refractivity contribution in [2.75, 3.05) is 44.6 Å². The van der Waals surface area contributed by atoms with Crippen molar-refractivity contribution >= 4 is 11.6 Å². The molecule has 0 unspecified atom stereocenters. The number of nitrogens with one attached hydrogen (secondary N) is 1. The van der Waals surface area contributed by atoms with Crippen molar-refractivity contribution in [3.63, 3.8) is 0 Å². The summed E-state index contributed by atoms with van der Waals surface area (Å²) in [7, 11) is 0. The molecule has 0 atom stereocenters. The second-order valence-electron chi connectivity index (χ2n) is 5.56. The van der Waals surface area contributed by atoms with E-state index in [-0.39, 0.29) is 11.7 Å². The molecule has 0 saturated carbocycles. The van der Waals surface area contributed by atoms with Crippen LogP contribution in [0, 0.1) is 5.82 Å². The van der Waals surface area contributed by atoms with E-state index in [1.807, 2.05) is 6.92 Å². The number of amides is 1. The van der Waals surface area contributed by atoms with E-state index >= 15 is 0 Å². The minimum Gasteiger partial charge on any atom is -0.325 e. The predicted octanol–water partition coefficient (Wildman–Crippen LogP) is 1.96. The van der Waals surface area contributed by atoms with Gasteiger partial charge in [-0.3, -0.25) is 14.6 Å². The zero-order valence-corrected chi connectivity index (χ0v) is 12.4. The van der Waals surface area contributed by atoms with Gasteiger partial charge in [-0.05, 0) is 31.2 Å². The van der Waals surface area contributed by atoms with E-state index in [4.69, 9.17) is 0 Å². The first-order chi connectivity index (χ1) is 10.0. The Bertz CT molecular complexity index is 493. The molecule has 0 aromatic heterocycles. The summed E-state index contributed by atoms with van der Waals surface area (Å²) in [5.41, 5.74) is 1.79. The fraction of sp³-hybridized carbons (Fsp3) is 0.438. The molecule has 1 aromatic carbocycles. The van der Waals surface area contributed by atoms with Crippen molar-refractivity contribution in [1.29, 1.82) is 0 Å². The van der Waals surface area contributed by atoms with Crippen LogP contribution < -0.4 is 5.32 Å². The average molecular weight is 291 g/mol. The van der Waals surface area contributed by atoms with Gasteiger partial charge >= 0.3 is 0 Å². The number of anilines is 1. The number of carbonyl (C=O) groups excluding carboxylic acids is 1. The zero-order chi connectivity index (χ0) is 15.2. The molecule has 1 saturated heterocycles. The molecule has 1 N–H and O–H groups in total. The second kappa shape index (κ2) is 7.33. The van der Waals surface area contributed by atoms with Gasteiger partial charge in [-0.25, -0.2) is 4.39 Å². The van der Waals surface area contributed by atoms with Crippen LogP contribution in [0.1, 0.15) is 6.92 Å². The van der Waals surface area contributed by atoms with E-state index in [2.05, 4.69) is 21.7 Å². The quantitative estimate of drug-likeness (QED) is 0.842. The third-order valence-electron chi connectivity index (χ3n) is 3.45. The summed E-state index contributed by atoms with van der Waals surface area (Å²) in [6.07, 6.45) is 0. The predicted molar refractivity (Wildman–Crippen MR) is 82.7 cm³/mol. The minimum absolute atomic E-state index is 0.0602. The van der Waals surface area contributed by atoms with E-state index in [1.165, 1.54) is 12.1 Å². The van der Waals surface area contributed by atoms with Crippen molar-refractivity contribution in [3.05, 3.63) is 42.2 Å². The lowest BCUT2D eigenvalue weighted by atomic mass is 10.2. The third kappa shape index (κ3) is 5.28. The maximum atomic E-state index is 12.8. The fourth-order valence-corrected chi connectivity index (χ4v) is 2.42. The highest BCUT2D eigenvalue weighted by Crippen LogP contribution is 2.09. The molecule has 0 bridgehead atoms. The molecule has 0 spiro atoms. The van der Waals surface area contributed by atoms with Crippen LogP contribution in [-0.4, -0.2) is 55.0 Å². The van der Waals surface area contributed by atoms with Crippen molar-refractivity contribution in [3.8, 4) is 0 Å². The van der Waals surface area contributed by atoms with Crippen LogP contribution in [0.4, 0.5) is 10.1 Å². The molecular weight excluding hydrogens is 269 g/mol. The Morgan fingerprint density at radius 2 is 1.67 bits per heavy atom. The Kier molecular flexibility index (Phi) is 5.47. The van der Waals surface area contributed by atoms with Crippen molar-refractivity contribution in [2.45, 2.75) is 6.92 Å². The van der Waals surface area contributed by atoms with Crippen LogP contribution in [0.2, 0.25) is 0 Å². The number of rotatable bonds is 5. The first-order valence-electron chi connectivity index (χ1n) is 7.17. The van der Waals surface area contributed by atoms with Crippen LogP contribution in [0.25, 0.3) is 0 Å². The van der Waals surface area contributed by atoms with E-state index in [0.29, 0.717) is 12.2 Å². The van der Waals surface area contributed by atoms with Crippen LogP contribution in [0.3, 0.4) is 0 Å². The Morgan fingerprint density at radius 1 is 1.14 bits per heavy atom. The molecule has 5 heteroatoms. The number of benzene rings is 1. The smallest absolute Gasteiger partial charge is 0.238 e. The van der Waals surface area contributed by atoms with Gasteiger partial charge < -0.3 is 5.32 Å². The van der Waals surface area contributed by atoms with E-state index in [1.54, 1.807) is 12.1 Å². The lowest BCUT2D eigenvalue weighted by Crippen LogP contribution is -2.48. The topological polar surface area (TPSA) is 35.6 Å². The molecule has 114 valence electrons. The second-order valence-corrected chi connectivity index (χ2v) is 5.56. The van der Waals surface area contributed by atoms with Gasteiger partial charge in [0.15, 0.2) is 0 Å². The maximum absolute atomic E-state index is 12.8. The van der Waals surface area contributed by atoms with Crippen molar-refractivity contribution in [1.82, 2.24) is 9.80 Å². The lowest BCUT2D eigenvalue weighted by Gasteiger charge is -2.34. The monoisotopic (exact) mass is 291 g/mol. The van der Waals surface area contributed by atoms with Gasteiger partial charge in [-0.1, -0.05) is 12.2 Å². The lowest BCUT2D eigenvalue weighted by molar-refractivity contribution is -0.117. The van der Waals surface area contributed by atoms with Crippen molar-refractivity contribution < 1.29 is 9.18 Å². The highest BCUT2D eigenvalue weighted by molar-refractivity contribution is 5.92. The molecule has 1 aliphatic heterocycles. The number of hydrogen-bond acceptors (Lipinski definition) is 3. The summed E-state index contributed by atoms with van der Waals surface area (Å²) in [5, 5.41) is 2.78. The summed E-state index contributed by atoms with van der Waals surface area (Å²) in [5.74, 6) is -0.364. The van der Waals surface area contributed by atoms with E-state index < -0.39 is 0 Å². The SMILES string of the molecule is C=C(C)CN1CCN(CC(=O)Nc2ccc(F)cc2)CC1. The molecule has 2 rings (SSSR count). The normalized spacial score (nSPS) is 16.7. The number of nitrogens with zero attached hydrogens (tertiary/aromatic N) is 2. The number of halogens is 1. The molecule has 4 nitrogen and oxygen atoms in total. The summed E-state index contributed by atoms with van der Waals surface area (Å²) in [6, 6.07) is 5.81. The third-order valence-corrected chi connectivity index (χ3v) is 3.45. The van der Waals surface area contributed by atoms with E-state index in [9.17, 15) is 9.18 Å². The molecule has 21 heavy (non-hydrogen) atoms. The highest BCUT2D eigenvalue weighted by atomic mass is 19.1. The summed E-state index contributed by atoms with van der Waals surface area (Å²) in [4.78, 5) is 16.4. The van der Waals surface area contributed by atoms with Crippen LogP contribution in [-0.2, 0) is 4.79 Å². The molecule has 1 aliphatic rings. The van der Waals surface area contributed by atoms with Gasteiger partial charge in [0.2, 0.25) is 5.91 Å². The Labute approximate surface area is 125 Å². The summed E-state index contributed by atoms with van der Waals surface area (Å²) in [6.45, 7) is 10.9. The average Bonchev–Trinajstić information content (AvgIpc) is 2.43. The largest absolute Gasteiger partial charge is 0.325 e. The van der Waals surface area contributed by atoms with Gasteiger partial charge in [0, 0.05) is 38.4 Å². The molecule has 1 heterocycles. The molecule has 1 fully saturated rings. The molecule has 1 aromatic rings. The zero-order valence-electron chi connectivity index (χ0n) is 12.4. The number of piperazine rings is 1. The van der Waals surface area contributed by atoms with Gasteiger partial charge in [0.1, 0.15) is 5.82 Å². The number of carbonyl (C=O) groups is 1. The van der Waals surface area contributed by atoms with Crippen LogP contribution in [0.15, 0.2) is 36.4 Å². The van der Waals surface area contributed by atoms with Crippen molar-refractivity contribution in [2.24, 2.45) is 0 Å². The van der Waals surface area contributed by atoms with Crippen LogP contribution in [0.5, 0.6) is 0 Å². The van der Waals surface area contributed by atoms with Gasteiger partial charge in [0.05, 0.1) is 6.54 Å². The first-order valence-corrected chi connectivity index (χ1v) is 7.17. The minimum atomic E-state index is -0.304. The Hall–Kier alpha value is -1.72. The summed E-state index contributed by atoms with van der Waals surface area (Å²) >= 11 is 0. The molecular formula is C16H22FN3O. The Morgan fingerprint density at radius 3 is 2.19 bits per heavy atom. The molecule has 1 amide bonds. The molecule has 0 aliphatic carbocycles. The van der Waals surface area contributed by atoms with Crippen LogP contribution >= 0.6 is 0 Å². The van der Waals surface area contributed by atoms with Gasteiger partial charge in [-0.2, -0.15) is 0 Å². The van der Waals surface area contributed by atoms with E-state index in [0.717, 1.165) is 38.3 Å². The Balaban J connectivity index is 1.74. The van der Waals surface area contributed by atoms with Gasteiger partial charge in [-0.15, -0.1) is 0 Å². The van der Waals surface area contributed by atoms with Gasteiger partial charge in [0.25, 0.3) is 0 Å². The summed E-state index contributed by atoms with van der Waals surface area (Å²) < 4.78 is 12.8. The fourth-order valence-electron chi connectivity index (χ4n) is 2.42. The maximum Gasteiger partial charge on any atom is 0.238 e.